The zero-order valence-electron chi connectivity index (χ0n) is 28.8. The summed E-state index contributed by atoms with van der Waals surface area (Å²) in [6, 6.07) is 6.63. The van der Waals surface area contributed by atoms with Crippen LogP contribution in [-0.4, -0.2) is 44.0 Å². The molecule has 3 N–H and O–H groups in total. The Hall–Kier alpha value is -5.03. The van der Waals surface area contributed by atoms with Crippen molar-refractivity contribution in [3.63, 3.8) is 0 Å². The van der Waals surface area contributed by atoms with Crippen LogP contribution in [0.25, 0.3) is 0 Å². The molecule has 0 amide bonds. The first-order valence-corrected chi connectivity index (χ1v) is 18.0. The van der Waals surface area contributed by atoms with Gasteiger partial charge in [-0.25, -0.2) is 15.0 Å². The first-order chi connectivity index (χ1) is 23.9. The average molecular weight is 690 g/mol. The van der Waals surface area contributed by atoms with Crippen molar-refractivity contribution in [1.82, 2.24) is 5.32 Å². The van der Waals surface area contributed by atoms with E-state index in [4.69, 9.17) is 15.0 Å². The number of benzene rings is 1. The van der Waals surface area contributed by atoms with Gasteiger partial charge in [0.05, 0.1) is 39.1 Å². The van der Waals surface area contributed by atoms with Gasteiger partial charge in [0, 0.05) is 70.0 Å². The van der Waals surface area contributed by atoms with Gasteiger partial charge in [0.2, 0.25) is 0 Å². The van der Waals surface area contributed by atoms with Crippen molar-refractivity contribution in [2.75, 3.05) is 5.75 Å². The van der Waals surface area contributed by atoms with Crippen molar-refractivity contribution >= 4 is 40.6 Å². The lowest BCUT2D eigenvalue weighted by Crippen LogP contribution is -2.15. The number of rotatable bonds is 9. The summed E-state index contributed by atoms with van der Waals surface area (Å²) in [4.78, 5) is 38.8. The molecule has 0 spiro atoms. The van der Waals surface area contributed by atoms with Crippen molar-refractivity contribution in [2.45, 2.75) is 71.6 Å². The molecule has 1 saturated heterocycles. The lowest BCUT2D eigenvalue weighted by Gasteiger charge is -2.17. The van der Waals surface area contributed by atoms with E-state index in [0.29, 0.717) is 12.8 Å². The number of allylic oxidation sites excluding steroid dienone is 12. The summed E-state index contributed by atoms with van der Waals surface area (Å²) in [5.41, 5.74) is 13.9. The number of hydrogen-bond donors (Lipinski definition) is 3. The molecule has 10 nitrogen and oxygen atoms in total. The highest BCUT2D eigenvalue weighted by molar-refractivity contribution is 7.99. The minimum absolute atomic E-state index is 0.0151. The minimum Gasteiger partial charge on any atom is -0.511 e. The monoisotopic (exact) mass is 689 g/mol. The number of carboxylic acids is 1. The number of nitro benzene ring substituents is 1. The summed E-state index contributed by atoms with van der Waals surface area (Å²) in [6.07, 6.45) is 8.53. The van der Waals surface area contributed by atoms with E-state index < -0.39 is 10.9 Å². The second kappa shape index (κ2) is 13.0. The summed E-state index contributed by atoms with van der Waals surface area (Å²) in [5.74, 6) is 0.0777. The highest BCUT2D eigenvalue weighted by Gasteiger charge is 2.41. The number of aliphatic imine (C=N–C) groups is 3. The van der Waals surface area contributed by atoms with Crippen LogP contribution in [0.3, 0.4) is 0 Å². The van der Waals surface area contributed by atoms with Crippen molar-refractivity contribution < 1.29 is 19.9 Å². The largest absolute Gasteiger partial charge is 0.511 e. The van der Waals surface area contributed by atoms with Crippen LogP contribution in [0.5, 0.6) is 0 Å². The number of aliphatic carboxylic acids is 1. The average Bonchev–Trinajstić information content (AvgIpc) is 3.83. The molecule has 0 aromatic heterocycles. The number of nitro groups is 1. The SMILES string of the molecule is CCC1=C(C)C2=NC1=CC1=C(C)C3=C(O)CC(=C4NC(=CC5=NC(=C2)C(CCSc2ccc([N+](=O)[O-])cc2)=C5C)[C@@H](C)[C@@H]4CCC(=O)O)C3=N1. The number of carboxylic acid groups (broad SMARTS) is 1. The van der Waals surface area contributed by atoms with Crippen LogP contribution >= 0.6 is 11.8 Å². The number of hydrogen-bond acceptors (Lipinski definition) is 9. The zero-order valence-corrected chi connectivity index (χ0v) is 29.6. The van der Waals surface area contributed by atoms with Crippen LogP contribution in [0, 0.1) is 22.0 Å². The van der Waals surface area contributed by atoms with Crippen LogP contribution in [0.4, 0.5) is 5.69 Å². The number of aliphatic hydroxyl groups excluding tert-OH is 1. The van der Waals surface area contributed by atoms with Gasteiger partial charge in [-0.2, -0.15) is 0 Å². The van der Waals surface area contributed by atoms with Crippen LogP contribution in [-0.2, 0) is 4.79 Å². The highest BCUT2D eigenvalue weighted by atomic mass is 32.2. The van der Waals surface area contributed by atoms with Gasteiger partial charge in [-0.1, -0.05) is 13.8 Å². The number of aliphatic hydroxyl groups is 1. The van der Waals surface area contributed by atoms with Gasteiger partial charge in [-0.3, -0.25) is 14.9 Å². The van der Waals surface area contributed by atoms with Gasteiger partial charge in [-0.15, -0.1) is 11.8 Å². The Morgan fingerprint density at radius 2 is 1.68 bits per heavy atom. The molecular formula is C39H39N5O5S. The number of thioether (sulfide) groups is 1. The molecule has 256 valence electrons. The predicted molar refractivity (Wildman–Crippen MR) is 197 cm³/mol. The van der Waals surface area contributed by atoms with Gasteiger partial charge in [0.15, 0.2) is 0 Å². The number of nitrogens with one attached hydrogen (secondary N) is 1. The van der Waals surface area contributed by atoms with Gasteiger partial charge < -0.3 is 15.5 Å². The third-order valence-electron chi connectivity index (χ3n) is 10.5. The maximum absolute atomic E-state index is 11.7. The molecule has 1 fully saturated rings. The van der Waals surface area contributed by atoms with E-state index in [0.717, 1.165) is 108 Å². The Balaban J connectivity index is 1.34. The molecule has 6 aliphatic rings. The summed E-state index contributed by atoms with van der Waals surface area (Å²) >= 11 is 1.65. The molecule has 1 aromatic carbocycles. The molecule has 5 heterocycles. The van der Waals surface area contributed by atoms with Crippen molar-refractivity contribution in [1.29, 1.82) is 0 Å². The first-order valence-electron chi connectivity index (χ1n) is 17.0. The summed E-state index contributed by atoms with van der Waals surface area (Å²) in [6.45, 7) is 10.4. The van der Waals surface area contributed by atoms with Gasteiger partial charge >= 0.3 is 5.97 Å². The van der Waals surface area contributed by atoms with Gasteiger partial charge in [0.25, 0.3) is 5.69 Å². The van der Waals surface area contributed by atoms with E-state index in [1.165, 1.54) is 12.1 Å². The Labute approximate surface area is 295 Å². The Bertz CT molecular complexity index is 2120. The summed E-state index contributed by atoms with van der Waals surface area (Å²) < 4.78 is 0. The van der Waals surface area contributed by atoms with Crippen molar-refractivity contribution in [3.8, 4) is 0 Å². The van der Waals surface area contributed by atoms with E-state index in [2.05, 4.69) is 45.2 Å². The number of nitrogens with zero attached hydrogens (tertiary/aromatic N) is 4. The fraction of sp³-hybridized carbons (Fsp3) is 0.333. The second-order valence-corrected chi connectivity index (χ2v) is 14.5. The van der Waals surface area contributed by atoms with Gasteiger partial charge in [-0.05, 0) is 98.3 Å². The van der Waals surface area contributed by atoms with Crippen LogP contribution in [0.15, 0.2) is 136 Å². The minimum atomic E-state index is -0.841. The predicted octanol–water partition coefficient (Wildman–Crippen LogP) is 8.61. The van der Waals surface area contributed by atoms with Crippen LogP contribution in [0.2, 0.25) is 0 Å². The smallest absolute Gasteiger partial charge is 0.303 e. The van der Waals surface area contributed by atoms with E-state index in [9.17, 15) is 25.1 Å². The molecule has 11 heteroatoms. The van der Waals surface area contributed by atoms with E-state index in [1.54, 1.807) is 23.9 Å². The molecule has 0 radical (unpaired) electrons. The molecule has 0 unspecified atom stereocenters. The fourth-order valence-electron chi connectivity index (χ4n) is 7.69. The molecular weight excluding hydrogens is 651 g/mol. The van der Waals surface area contributed by atoms with E-state index >= 15 is 0 Å². The first kappa shape index (κ1) is 33.5. The summed E-state index contributed by atoms with van der Waals surface area (Å²) in [5, 5.41) is 35.7. The number of carbonyl (C=O) groups is 1. The molecule has 1 aliphatic carbocycles. The fourth-order valence-corrected chi connectivity index (χ4v) is 8.56. The quantitative estimate of drug-likeness (QED) is 0.133. The van der Waals surface area contributed by atoms with E-state index in [1.807, 2.05) is 13.0 Å². The third kappa shape index (κ3) is 5.83. The normalized spacial score (nSPS) is 22.6. The Kier molecular flexibility index (Phi) is 8.71. The Morgan fingerprint density at radius 3 is 2.36 bits per heavy atom. The van der Waals surface area contributed by atoms with Crippen molar-refractivity contribution in [2.24, 2.45) is 26.8 Å². The molecule has 5 aliphatic heterocycles. The number of fused-ring (bicyclic) bond motifs is 5. The highest BCUT2D eigenvalue weighted by Crippen LogP contribution is 2.46. The molecule has 50 heavy (non-hydrogen) atoms. The van der Waals surface area contributed by atoms with Crippen molar-refractivity contribution in [3.05, 3.63) is 126 Å². The number of non-ortho nitro benzene ring substituents is 1. The lowest BCUT2D eigenvalue weighted by atomic mass is 9.86. The molecule has 8 bridgehead atoms. The Morgan fingerprint density at radius 1 is 1.00 bits per heavy atom. The maximum Gasteiger partial charge on any atom is 0.303 e. The summed E-state index contributed by atoms with van der Waals surface area (Å²) in [7, 11) is 0. The maximum atomic E-state index is 11.7. The lowest BCUT2D eigenvalue weighted by molar-refractivity contribution is -0.384. The molecule has 7 rings (SSSR count). The third-order valence-corrected chi connectivity index (χ3v) is 11.5. The molecule has 1 aromatic rings. The topological polar surface area (TPSA) is 150 Å². The van der Waals surface area contributed by atoms with E-state index in [-0.39, 0.29) is 29.7 Å². The van der Waals surface area contributed by atoms with Crippen LogP contribution < -0.4 is 5.32 Å². The van der Waals surface area contributed by atoms with Gasteiger partial charge in [0.1, 0.15) is 5.76 Å². The van der Waals surface area contributed by atoms with Crippen LogP contribution in [0.1, 0.15) is 66.7 Å². The molecule has 0 saturated carbocycles. The zero-order chi connectivity index (χ0) is 35.4. The second-order valence-electron chi connectivity index (χ2n) is 13.4. The standard InChI is InChI=1S/C39H39N5O5S/c1-6-25-19(2)30-17-34-26(13-14-50-24-9-7-23(8-10-24)44(48)49)20(3)29(41-34)16-31-21(4)27(11-12-36(46)47)38(42-31)28-15-35(45)37-22(5)32(43-39(28)37)18-33(25)40-30/h7-10,16-18,21,27,42,45H,6,11-15H2,1-5H3,(H,46,47)/t21-,27-/m0/s1. The molecule has 2 atom stereocenters.